The molecule has 1 aromatic heterocycles. The first kappa shape index (κ1) is 24.5. The Morgan fingerprint density at radius 3 is 2.03 bits per heavy atom. The van der Waals surface area contributed by atoms with Gasteiger partial charge in [-0.1, -0.05) is 12.1 Å². The molecule has 1 aromatic carbocycles. The topological polar surface area (TPSA) is 73.7 Å². The molecule has 0 amide bonds. The number of aromatic nitrogens is 2. The largest absolute Gasteiger partial charge is 0.385 e. The summed E-state index contributed by atoms with van der Waals surface area (Å²) < 4.78 is 26.8. The van der Waals surface area contributed by atoms with Gasteiger partial charge in [0.2, 0.25) is 5.44 Å². The van der Waals surface area contributed by atoms with Crippen molar-refractivity contribution < 1.29 is 13.6 Å². The van der Waals surface area contributed by atoms with Crippen LogP contribution in [0.15, 0.2) is 29.1 Å². The normalized spacial score (nSPS) is 37.0. The first-order valence-electron chi connectivity index (χ1n) is 14.6. The van der Waals surface area contributed by atoms with Gasteiger partial charge in [-0.2, -0.15) is 0 Å². The Kier molecular flexibility index (Phi) is 5.97. The minimum atomic E-state index is -3.81. The fourth-order valence-corrected chi connectivity index (χ4v) is 11.3. The van der Waals surface area contributed by atoms with E-state index in [1.165, 1.54) is 51.4 Å². The molecule has 6 aliphatic rings. The molecule has 3 atom stereocenters. The summed E-state index contributed by atoms with van der Waals surface area (Å²) in [5.74, 6) is 2.80. The highest BCUT2D eigenvalue weighted by molar-refractivity contribution is 7.61. The molecule has 2 aromatic rings. The standard InChI is InChI=1S/C29H40N3O4P/c1-3-35-37(34,36-4-2)27-28(33)31(26-8-6-5-7-25(26)30-27)24-14-22-9-10-23(15-24)32(22)29-16-19-11-20(17-29)13-21(12-19)18-29/h5-8,19-24H,3-4,9-18H2,1-2H3/t19?,20?,21?,22-,23+,24+,29?. The number of fused-ring (bicyclic) bond motifs is 3. The van der Waals surface area contributed by atoms with E-state index in [9.17, 15) is 9.36 Å². The molecule has 0 unspecified atom stereocenters. The molecule has 2 saturated heterocycles. The van der Waals surface area contributed by atoms with Crippen LogP contribution in [-0.4, -0.2) is 45.3 Å². The lowest BCUT2D eigenvalue weighted by Crippen LogP contribution is -2.64. The Bertz CT molecular complexity index is 1250. The monoisotopic (exact) mass is 525 g/mol. The number of hydrogen-bond donors (Lipinski definition) is 0. The second kappa shape index (κ2) is 9.01. The third kappa shape index (κ3) is 3.83. The van der Waals surface area contributed by atoms with E-state index in [2.05, 4.69) is 9.88 Å². The zero-order chi connectivity index (χ0) is 25.4. The van der Waals surface area contributed by atoms with Gasteiger partial charge in [-0.05, 0) is 108 Å². The van der Waals surface area contributed by atoms with E-state index < -0.39 is 7.60 Å². The molecular weight excluding hydrogens is 485 g/mol. The first-order valence-corrected chi connectivity index (χ1v) is 16.2. The Hall–Kier alpha value is -1.53. The third-order valence-corrected chi connectivity index (χ3v) is 12.3. The Balaban J connectivity index is 1.27. The maximum Gasteiger partial charge on any atom is 0.385 e. The molecule has 4 saturated carbocycles. The van der Waals surface area contributed by atoms with Crippen molar-refractivity contribution in [1.29, 1.82) is 0 Å². The van der Waals surface area contributed by atoms with Crippen LogP contribution >= 0.6 is 7.60 Å². The van der Waals surface area contributed by atoms with Crippen LogP contribution < -0.4 is 11.0 Å². The van der Waals surface area contributed by atoms with E-state index >= 15 is 0 Å². The summed E-state index contributed by atoms with van der Waals surface area (Å²) in [4.78, 5) is 21.6. The van der Waals surface area contributed by atoms with Gasteiger partial charge >= 0.3 is 7.60 Å². The van der Waals surface area contributed by atoms with Crippen molar-refractivity contribution in [2.45, 2.75) is 102 Å². The lowest BCUT2D eigenvalue weighted by Gasteiger charge is -2.63. The molecular formula is C29H40N3O4P. The van der Waals surface area contributed by atoms with Crippen molar-refractivity contribution in [1.82, 2.24) is 14.5 Å². The number of benzene rings is 1. The van der Waals surface area contributed by atoms with Crippen molar-refractivity contribution in [3.63, 3.8) is 0 Å². The molecule has 37 heavy (non-hydrogen) atoms. The first-order chi connectivity index (χ1) is 17.9. The SMILES string of the molecule is CCOP(=O)(OCC)c1nc2ccccc2n([C@H]2C[C@H]3CC[C@@H](C2)N3C23CC4CC(CC(C4)C2)C3)c1=O. The molecule has 2 aliphatic heterocycles. The summed E-state index contributed by atoms with van der Waals surface area (Å²) >= 11 is 0. The molecule has 6 bridgehead atoms. The van der Waals surface area contributed by atoms with Gasteiger partial charge in [0.15, 0.2) is 0 Å². The summed E-state index contributed by atoms with van der Waals surface area (Å²) in [7, 11) is -3.81. The van der Waals surface area contributed by atoms with Gasteiger partial charge in [-0.3, -0.25) is 14.3 Å². The summed E-state index contributed by atoms with van der Waals surface area (Å²) in [5.41, 5.74) is 1.53. The minimum absolute atomic E-state index is 0.0641. The van der Waals surface area contributed by atoms with Crippen LogP contribution in [0.5, 0.6) is 0 Å². The maximum atomic E-state index is 14.1. The van der Waals surface area contributed by atoms with Crippen LogP contribution in [0.4, 0.5) is 0 Å². The fraction of sp³-hybridized carbons (Fsp3) is 0.724. The highest BCUT2D eigenvalue weighted by Gasteiger charge is 2.58. The Labute approximate surface area is 219 Å². The van der Waals surface area contributed by atoms with Crippen molar-refractivity contribution >= 4 is 24.1 Å². The van der Waals surface area contributed by atoms with Crippen molar-refractivity contribution in [2.75, 3.05) is 13.2 Å². The highest BCUT2D eigenvalue weighted by Crippen LogP contribution is 2.61. The molecule has 0 spiro atoms. The van der Waals surface area contributed by atoms with Gasteiger partial charge in [-0.15, -0.1) is 0 Å². The average Bonchev–Trinajstić information content (AvgIpc) is 3.14. The van der Waals surface area contributed by atoms with Gasteiger partial charge in [0.25, 0.3) is 5.56 Å². The van der Waals surface area contributed by atoms with Crippen LogP contribution in [0, 0.1) is 17.8 Å². The van der Waals surface area contributed by atoms with E-state index in [0.29, 0.717) is 23.1 Å². The second-order valence-corrected chi connectivity index (χ2v) is 14.4. The van der Waals surface area contributed by atoms with E-state index in [-0.39, 0.29) is 30.2 Å². The van der Waals surface area contributed by atoms with Crippen LogP contribution in [0.2, 0.25) is 0 Å². The van der Waals surface area contributed by atoms with E-state index in [1.54, 1.807) is 13.8 Å². The van der Waals surface area contributed by atoms with Crippen LogP contribution in [0.3, 0.4) is 0 Å². The van der Waals surface area contributed by atoms with Gasteiger partial charge in [0, 0.05) is 23.7 Å². The number of para-hydroxylation sites is 2. The van der Waals surface area contributed by atoms with Gasteiger partial charge in [-0.25, -0.2) is 4.98 Å². The lowest BCUT2D eigenvalue weighted by atomic mass is 9.52. The zero-order valence-electron chi connectivity index (χ0n) is 22.2. The average molecular weight is 526 g/mol. The molecule has 0 radical (unpaired) electrons. The highest BCUT2D eigenvalue weighted by atomic mass is 31.2. The van der Waals surface area contributed by atoms with Crippen molar-refractivity contribution in [3.05, 3.63) is 34.6 Å². The van der Waals surface area contributed by atoms with Crippen molar-refractivity contribution in [3.8, 4) is 0 Å². The third-order valence-electron chi connectivity index (χ3n) is 10.3. The molecule has 3 heterocycles. The maximum absolute atomic E-state index is 14.1. The molecule has 8 heteroatoms. The van der Waals surface area contributed by atoms with Gasteiger partial charge < -0.3 is 13.6 Å². The van der Waals surface area contributed by atoms with E-state index in [0.717, 1.165) is 36.1 Å². The van der Waals surface area contributed by atoms with Crippen LogP contribution in [0.25, 0.3) is 11.0 Å². The summed E-state index contributed by atoms with van der Waals surface area (Å²) in [6.45, 7) is 3.92. The van der Waals surface area contributed by atoms with E-state index in [4.69, 9.17) is 9.05 Å². The second-order valence-electron chi connectivity index (χ2n) is 12.5. The quantitative estimate of drug-likeness (QED) is 0.449. The summed E-state index contributed by atoms with van der Waals surface area (Å²) in [5, 5.41) is 0. The number of nitrogens with zero attached hydrogens (tertiary/aromatic N) is 3. The van der Waals surface area contributed by atoms with Crippen LogP contribution in [-0.2, 0) is 13.6 Å². The number of hydrogen-bond acceptors (Lipinski definition) is 6. The van der Waals surface area contributed by atoms with E-state index in [1.807, 2.05) is 28.8 Å². The van der Waals surface area contributed by atoms with Crippen molar-refractivity contribution in [2.24, 2.45) is 17.8 Å². The molecule has 0 N–H and O–H groups in total. The fourth-order valence-electron chi connectivity index (χ4n) is 9.70. The van der Waals surface area contributed by atoms with Gasteiger partial charge in [0.1, 0.15) is 0 Å². The predicted molar refractivity (Wildman–Crippen MR) is 144 cm³/mol. The summed E-state index contributed by atoms with van der Waals surface area (Å²) in [6, 6.07) is 8.87. The number of rotatable bonds is 7. The molecule has 8 rings (SSSR count). The van der Waals surface area contributed by atoms with Gasteiger partial charge in [0.05, 0.1) is 24.2 Å². The molecule has 200 valence electrons. The minimum Gasteiger partial charge on any atom is -0.304 e. The summed E-state index contributed by atoms with van der Waals surface area (Å²) in [6.07, 6.45) is 13.0. The molecule has 6 fully saturated rings. The molecule has 7 nitrogen and oxygen atoms in total. The Morgan fingerprint density at radius 2 is 1.46 bits per heavy atom. The zero-order valence-corrected chi connectivity index (χ0v) is 23.1. The molecule has 4 aliphatic carbocycles. The number of piperidine rings is 1. The smallest absolute Gasteiger partial charge is 0.304 e. The Morgan fingerprint density at radius 1 is 0.892 bits per heavy atom. The van der Waals surface area contributed by atoms with Crippen LogP contribution in [0.1, 0.15) is 84.1 Å². The predicted octanol–water partition coefficient (Wildman–Crippen LogP) is 5.42. The lowest BCUT2D eigenvalue weighted by molar-refractivity contribution is -0.121.